The van der Waals surface area contributed by atoms with E-state index in [-0.39, 0.29) is 6.17 Å². The van der Waals surface area contributed by atoms with Gasteiger partial charge in [0, 0.05) is 11.1 Å². The zero-order valence-corrected chi connectivity index (χ0v) is 11.6. The van der Waals surface area contributed by atoms with Crippen LogP contribution >= 0.6 is 22.9 Å². The van der Waals surface area contributed by atoms with Crippen LogP contribution in [0.3, 0.4) is 0 Å². The molecule has 3 rings (SSSR count). The van der Waals surface area contributed by atoms with Gasteiger partial charge in [0.1, 0.15) is 11.2 Å². The topological polar surface area (TPSA) is 62.4 Å². The van der Waals surface area contributed by atoms with E-state index in [0.717, 1.165) is 26.2 Å². The van der Waals surface area contributed by atoms with Gasteiger partial charge in [-0.1, -0.05) is 41.9 Å². The molecule has 0 radical (unpaired) electrons. The average Bonchev–Trinajstić information content (AvgIpc) is 2.70. The van der Waals surface area contributed by atoms with Gasteiger partial charge in [-0.2, -0.15) is 0 Å². The third kappa shape index (κ3) is 2.50. The molecule has 4 N–H and O–H groups in total. The van der Waals surface area contributed by atoms with Crippen LogP contribution in [0.25, 0.3) is 0 Å². The van der Waals surface area contributed by atoms with Crippen molar-refractivity contribution in [3.63, 3.8) is 0 Å². The Hall–Kier alpha value is -1.40. The lowest BCUT2D eigenvalue weighted by Gasteiger charge is -2.13. The molecule has 0 saturated carbocycles. The second kappa shape index (κ2) is 5.30. The van der Waals surface area contributed by atoms with Gasteiger partial charge in [0.2, 0.25) is 0 Å². The van der Waals surface area contributed by atoms with Crippen molar-refractivity contribution < 1.29 is 0 Å². The van der Waals surface area contributed by atoms with Crippen LogP contribution in [0.5, 0.6) is 0 Å². The zero-order valence-electron chi connectivity index (χ0n) is 10.1. The molecule has 0 amide bonds. The van der Waals surface area contributed by atoms with E-state index < -0.39 is 0 Å². The van der Waals surface area contributed by atoms with Crippen molar-refractivity contribution in [3.8, 4) is 0 Å². The van der Waals surface area contributed by atoms with E-state index in [1.807, 2.05) is 36.4 Å². The summed E-state index contributed by atoms with van der Waals surface area (Å²) in [5, 5.41) is 4.31. The van der Waals surface area contributed by atoms with Crippen molar-refractivity contribution in [1.82, 2.24) is 5.43 Å². The first-order chi connectivity index (χ1) is 9.28. The molecule has 0 bridgehead atoms. The number of nitrogens with zero attached hydrogens (tertiary/aromatic N) is 1. The van der Waals surface area contributed by atoms with Gasteiger partial charge >= 0.3 is 0 Å². The van der Waals surface area contributed by atoms with E-state index in [0.29, 0.717) is 6.54 Å². The minimum absolute atomic E-state index is 0.0883. The number of halogens is 1. The lowest BCUT2D eigenvalue weighted by molar-refractivity contribution is 0.597. The highest BCUT2D eigenvalue weighted by molar-refractivity contribution is 7.20. The second-order valence-electron chi connectivity index (χ2n) is 4.21. The summed E-state index contributed by atoms with van der Waals surface area (Å²) in [6.45, 7) is 0.569. The maximum atomic E-state index is 6.12. The van der Waals surface area contributed by atoms with Crippen LogP contribution < -0.4 is 16.6 Å². The SMILES string of the molecule is NNC1CN=C(c2ccccc2)c2cc(Cl)sc2N1. The fourth-order valence-corrected chi connectivity index (χ4v) is 3.23. The molecule has 2 aromatic rings. The number of aliphatic imine (C=N–C) groups is 1. The molecule has 98 valence electrons. The second-order valence-corrected chi connectivity index (χ2v) is 5.90. The maximum absolute atomic E-state index is 6.12. The number of hydrogen-bond acceptors (Lipinski definition) is 5. The number of anilines is 1. The van der Waals surface area contributed by atoms with E-state index in [2.05, 4.69) is 15.7 Å². The van der Waals surface area contributed by atoms with Gasteiger partial charge in [0.15, 0.2) is 0 Å². The Balaban J connectivity index is 2.10. The minimum Gasteiger partial charge on any atom is -0.358 e. The number of nitrogens with one attached hydrogen (secondary N) is 2. The predicted octanol–water partition coefficient (Wildman–Crippen LogP) is 2.45. The Morgan fingerprint density at radius 1 is 1.37 bits per heavy atom. The Kier molecular flexibility index (Phi) is 3.52. The molecule has 19 heavy (non-hydrogen) atoms. The third-order valence-electron chi connectivity index (χ3n) is 2.94. The van der Waals surface area contributed by atoms with Gasteiger partial charge in [-0.05, 0) is 6.07 Å². The van der Waals surface area contributed by atoms with Gasteiger partial charge in [-0.25, -0.2) is 5.43 Å². The number of fused-ring (bicyclic) bond motifs is 1. The summed E-state index contributed by atoms with van der Waals surface area (Å²) in [7, 11) is 0. The summed E-state index contributed by atoms with van der Waals surface area (Å²) in [6.07, 6.45) is -0.0883. The molecule has 0 aliphatic carbocycles. The van der Waals surface area contributed by atoms with Crippen molar-refractivity contribution >= 4 is 33.7 Å². The number of hydrogen-bond donors (Lipinski definition) is 3. The summed E-state index contributed by atoms with van der Waals surface area (Å²) in [5.74, 6) is 5.51. The monoisotopic (exact) mass is 292 g/mol. The molecule has 4 nitrogen and oxygen atoms in total. The number of rotatable bonds is 2. The molecule has 0 spiro atoms. The van der Waals surface area contributed by atoms with Crippen LogP contribution in [-0.4, -0.2) is 18.4 Å². The molecule has 1 aliphatic heterocycles. The summed E-state index contributed by atoms with van der Waals surface area (Å²) >= 11 is 7.62. The largest absolute Gasteiger partial charge is 0.358 e. The van der Waals surface area contributed by atoms with E-state index >= 15 is 0 Å². The fourth-order valence-electron chi connectivity index (χ4n) is 2.05. The molecule has 2 heterocycles. The van der Waals surface area contributed by atoms with Crippen LogP contribution in [0.15, 0.2) is 41.4 Å². The number of hydrazine groups is 1. The van der Waals surface area contributed by atoms with Crippen LogP contribution in [0.1, 0.15) is 11.1 Å². The first-order valence-corrected chi connectivity index (χ1v) is 7.09. The molecule has 0 saturated heterocycles. The first kappa shape index (κ1) is 12.6. The van der Waals surface area contributed by atoms with E-state index in [9.17, 15) is 0 Å². The Morgan fingerprint density at radius 3 is 2.89 bits per heavy atom. The number of benzene rings is 1. The quantitative estimate of drug-likeness (QED) is 0.588. The molecule has 6 heteroatoms. The predicted molar refractivity (Wildman–Crippen MR) is 81.0 cm³/mol. The molecule has 1 aromatic heterocycles. The molecular weight excluding hydrogens is 280 g/mol. The highest BCUT2D eigenvalue weighted by atomic mass is 35.5. The smallest absolute Gasteiger partial charge is 0.110 e. The average molecular weight is 293 g/mol. The highest BCUT2D eigenvalue weighted by Gasteiger charge is 2.21. The van der Waals surface area contributed by atoms with Crippen molar-refractivity contribution in [2.45, 2.75) is 6.17 Å². The van der Waals surface area contributed by atoms with E-state index in [4.69, 9.17) is 17.4 Å². The fraction of sp³-hybridized carbons (Fsp3) is 0.154. The molecular formula is C13H13ClN4S. The lowest BCUT2D eigenvalue weighted by atomic mass is 10.0. The van der Waals surface area contributed by atoms with Gasteiger partial charge in [0.25, 0.3) is 0 Å². The normalized spacial score (nSPS) is 18.2. The van der Waals surface area contributed by atoms with Crippen molar-refractivity contribution in [2.24, 2.45) is 10.8 Å². The Morgan fingerprint density at radius 2 is 2.16 bits per heavy atom. The van der Waals surface area contributed by atoms with Gasteiger partial charge in [-0.15, -0.1) is 11.3 Å². The van der Waals surface area contributed by atoms with Gasteiger partial charge in [0.05, 0.1) is 16.6 Å². The van der Waals surface area contributed by atoms with Gasteiger partial charge < -0.3 is 5.32 Å². The van der Waals surface area contributed by atoms with Crippen LogP contribution in [0, 0.1) is 0 Å². The molecule has 1 unspecified atom stereocenters. The van der Waals surface area contributed by atoms with E-state index in [1.165, 1.54) is 11.3 Å². The van der Waals surface area contributed by atoms with Crippen LogP contribution in [-0.2, 0) is 0 Å². The lowest BCUT2D eigenvalue weighted by Crippen LogP contribution is -2.42. The van der Waals surface area contributed by atoms with E-state index in [1.54, 1.807) is 0 Å². The number of thiophene rings is 1. The van der Waals surface area contributed by atoms with Gasteiger partial charge in [-0.3, -0.25) is 10.8 Å². The Labute approximate surface area is 120 Å². The summed E-state index contributed by atoms with van der Waals surface area (Å²) in [6, 6.07) is 12.0. The highest BCUT2D eigenvalue weighted by Crippen LogP contribution is 2.35. The molecule has 1 atom stereocenters. The standard InChI is InChI=1S/C13H13ClN4S/c14-10-6-9-12(8-4-2-1-3-5-8)16-7-11(18-15)17-13(9)19-10/h1-6,11,17-18H,7,15H2. The Bertz CT molecular complexity index is 608. The van der Waals surface area contributed by atoms with Crippen molar-refractivity contribution in [2.75, 3.05) is 11.9 Å². The number of nitrogens with two attached hydrogens (primary N) is 1. The maximum Gasteiger partial charge on any atom is 0.110 e. The molecule has 1 aliphatic rings. The van der Waals surface area contributed by atoms with Crippen molar-refractivity contribution in [1.29, 1.82) is 0 Å². The zero-order chi connectivity index (χ0) is 13.2. The van der Waals surface area contributed by atoms with Crippen LogP contribution in [0.4, 0.5) is 5.00 Å². The summed E-state index contributed by atoms with van der Waals surface area (Å²) in [5.41, 5.74) is 5.77. The van der Waals surface area contributed by atoms with Crippen LogP contribution in [0.2, 0.25) is 4.34 Å². The minimum atomic E-state index is -0.0883. The third-order valence-corrected chi connectivity index (χ3v) is 4.14. The molecule has 0 fully saturated rings. The van der Waals surface area contributed by atoms with Crippen molar-refractivity contribution in [3.05, 3.63) is 51.9 Å². The molecule has 1 aromatic carbocycles. The summed E-state index contributed by atoms with van der Waals surface area (Å²) in [4.78, 5) is 4.66. The summed E-state index contributed by atoms with van der Waals surface area (Å²) < 4.78 is 0.735. The first-order valence-electron chi connectivity index (χ1n) is 5.90.